The summed E-state index contributed by atoms with van der Waals surface area (Å²) in [6, 6.07) is 5.23. The molecule has 2 aliphatic rings. The van der Waals surface area contributed by atoms with E-state index in [1.54, 1.807) is 38.1 Å². The Labute approximate surface area is 208 Å². The quantitative estimate of drug-likeness (QED) is 0.352. The third-order valence-electron chi connectivity index (χ3n) is 5.88. The maximum absolute atomic E-state index is 13.3. The Morgan fingerprint density at radius 1 is 1.23 bits per heavy atom. The molecule has 2 aliphatic heterocycles. The summed E-state index contributed by atoms with van der Waals surface area (Å²) in [6.45, 7) is 7.20. The van der Waals surface area contributed by atoms with E-state index in [-0.39, 0.29) is 29.6 Å². The van der Waals surface area contributed by atoms with Crippen molar-refractivity contribution in [2.45, 2.75) is 68.3 Å². The van der Waals surface area contributed by atoms with Gasteiger partial charge in [0.15, 0.2) is 17.1 Å². The topological polar surface area (TPSA) is 108 Å². The smallest absolute Gasteiger partial charge is 0.548 e. The number of ether oxygens (including phenoxy) is 2. The monoisotopic (exact) mass is 458 g/mol. The Balaban J connectivity index is 0.00000341. The van der Waals surface area contributed by atoms with Gasteiger partial charge in [0.1, 0.15) is 11.4 Å². The van der Waals surface area contributed by atoms with Crippen molar-refractivity contribution in [2.24, 2.45) is 0 Å². The van der Waals surface area contributed by atoms with Crippen LogP contribution in [0.3, 0.4) is 0 Å². The fourth-order valence-corrected chi connectivity index (χ4v) is 5.70. The predicted molar refractivity (Wildman–Crippen MR) is 110 cm³/mol. The van der Waals surface area contributed by atoms with Crippen LogP contribution in [0.4, 0.5) is 0 Å². The van der Waals surface area contributed by atoms with Crippen molar-refractivity contribution in [2.75, 3.05) is 7.11 Å². The molecule has 164 valence electrons. The van der Waals surface area contributed by atoms with Crippen LogP contribution in [0.1, 0.15) is 40.5 Å². The van der Waals surface area contributed by atoms with Gasteiger partial charge in [-0.3, -0.25) is 9.59 Å². The summed E-state index contributed by atoms with van der Waals surface area (Å²) in [5.74, 6) is -1.17. The first kappa shape index (κ1) is 25.8. The van der Waals surface area contributed by atoms with Gasteiger partial charge in [-0.15, -0.1) is 11.8 Å². The van der Waals surface area contributed by atoms with Gasteiger partial charge in [-0.25, -0.2) is 0 Å². The Bertz CT molecular complexity index is 860. The molecular weight excluding hydrogens is 431 g/mol. The average molecular weight is 459 g/mol. The van der Waals surface area contributed by atoms with Gasteiger partial charge < -0.3 is 29.6 Å². The minimum absolute atomic E-state index is 0. The van der Waals surface area contributed by atoms with Crippen LogP contribution >= 0.6 is 11.8 Å². The molecule has 0 saturated carbocycles. The van der Waals surface area contributed by atoms with E-state index in [1.807, 2.05) is 13.8 Å². The van der Waals surface area contributed by atoms with Gasteiger partial charge in [0.2, 0.25) is 5.91 Å². The number of carboxylic acids is 1. The number of amides is 2. The second-order valence-electron chi connectivity index (χ2n) is 7.98. The SMILES string of the molecule is CCC(CC)(Oc1ccccc1OC)C(=O)N[C@@H]1C(=O)N2[C@@H]1SC(C)(C)[C@@H]2C(=O)[O-].[Na+]. The molecule has 0 spiro atoms. The number of carbonyl (C=O) groups excluding carboxylic acids is 3. The number of β-lactam (4-membered cyclic amide) rings is 1. The summed E-state index contributed by atoms with van der Waals surface area (Å²) < 4.78 is 10.7. The van der Waals surface area contributed by atoms with Gasteiger partial charge in [-0.2, -0.15) is 0 Å². The molecule has 2 heterocycles. The van der Waals surface area contributed by atoms with E-state index >= 15 is 0 Å². The molecule has 2 amide bonds. The molecule has 8 nitrogen and oxygen atoms in total. The van der Waals surface area contributed by atoms with Crippen molar-refractivity contribution in [3.05, 3.63) is 24.3 Å². The van der Waals surface area contributed by atoms with E-state index in [2.05, 4.69) is 5.32 Å². The molecule has 0 aliphatic carbocycles. The number of carbonyl (C=O) groups is 3. The normalized spacial score (nSPS) is 23.8. The summed E-state index contributed by atoms with van der Waals surface area (Å²) in [4.78, 5) is 38.8. The largest absolute Gasteiger partial charge is 1.00 e. The number of nitrogens with one attached hydrogen (secondary N) is 1. The van der Waals surface area contributed by atoms with E-state index in [4.69, 9.17) is 9.47 Å². The third kappa shape index (κ3) is 4.42. The maximum Gasteiger partial charge on any atom is 1.00 e. The molecule has 3 rings (SSSR count). The summed E-state index contributed by atoms with van der Waals surface area (Å²) in [5.41, 5.74) is -1.19. The van der Waals surface area contributed by atoms with E-state index in [1.165, 1.54) is 23.8 Å². The van der Waals surface area contributed by atoms with Crippen molar-refractivity contribution >= 4 is 29.5 Å². The summed E-state index contributed by atoms with van der Waals surface area (Å²) in [6.07, 6.45) is 0.756. The second kappa shape index (κ2) is 9.60. The Hall–Kier alpha value is -1.42. The second-order valence-corrected chi connectivity index (χ2v) is 9.76. The summed E-state index contributed by atoms with van der Waals surface area (Å²) in [7, 11) is 1.52. The molecule has 1 N–H and O–H groups in total. The van der Waals surface area contributed by atoms with E-state index in [0.717, 1.165) is 0 Å². The average Bonchev–Trinajstić information content (AvgIpc) is 2.98. The zero-order chi connectivity index (χ0) is 22.3. The maximum atomic E-state index is 13.3. The molecule has 1 aromatic carbocycles. The van der Waals surface area contributed by atoms with Crippen LogP contribution in [0.5, 0.6) is 11.5 Å². The first-order chi connectivity index (χ1) is 14.1. The molecule has 0 unspecified atom stereocenters. The summed E-state index contributed by atoms with van der Waals surface area (Å²) in [5, 5.41) is 13.9. The van der Waals surface area contributed by atoms with Crippen LogP contribution in [-0.4, -0.2) is 57.6 Å². The number of rotatable bonds is 8. The molecular formula is C21H27N2NaO6S. The number of hydrogen-bond acceptors (Lipinski definition) is 7. The Kier molecular flexibility index (Phi) is 8.00. The Morgan fingerprint density at radius 3 is 2.32 bits per heavy atom. The number of hydrogen-bond donors (Lipinski definition) is 1. The number of methoxy groups -OCH3 is 1. The van der Waals surface area contributed by atoms with Crippen LogP contribution in [0.15, 0.2) is 24.3 Å². The van der Waals surface area contributed by atoms with Crippen molar-refractivity contribution in [3.63, 3.8) is 0 Å². The minimum atomic E-state index is -1.29. The van der Waals surface area contributed by atoms with E-state index in [0.29, 0.717) is 24.3 Å². The zero-order valence-electron chi connectivity index (χ0n) is 18.8. The summed E-state index contributed by atoms with van der Waals surface area (Å²) >= 11 is 1.35. The van der Waals surface area contributed by atoms with E-state index in [9.17, 15) is 19.5 Å². The predicted octanol–water partition coefficient (Wildman–Crippen LogP) is -2.07. The number of fused-ring (bicyclic) bond motifs is 1. The number of benzene rings is 1. The van der Waals surface area contributed by atoms with Crippen molar-refractivity contribution in [1.82, 2.24) is 10.2 Å². The van der Waals surface area contributed by atoms with Gasteiger partial charge in [0.05, 0.1) is 19.1 Å². The standard InChI is InChI=1S/C21H28N2O6S.Na/c1-6-21(7-2,29-13-11-9-8-10-12(13)28-5)19(27)22-14-16(24)23-15(18(25)26)20(3,4)30-17(14)23;/h8-11,14-15,17H,6-7H2,1-5H3,(H,22,27)(H,25,26);/q;+1/p-1/t14-,15+,17-;/m1./s1. The van der Waals surface area contributed by atoms with E-state index < -0.39 is 45.6 Å². The van der Waals surface area contributed by atoms with Crippen LogP contribution in [0, 0.1) is 0 Å². The van der Waals surface area contributed by atoms with Crippen molar-refractivity contribution in [1.29, 1.82) is 0 Å². The van der Waals surface area contributed by atoms with Crippen LogP contribution in [0.2, 0.25) is 0 Å². The zero-order valence-corrected chi connectivity index (χ0v) is 21.6. The number of nitrogens with zero attached hydrogens (tertiary/aromatic N) is 1. The number of para-hydroxylation sites is 2. The molecule has 0 radical (unpaired) electrons. The molecule has 1 aromatic rings. The molecule has 3 atom stereocenters. The fourth-order valence-electron chi connectivity index (χ4n) is 4.07. The molecule has 0 bridgehead atoms. The first-order valence-corrected chi connectivity index (χ1v) is 10.8. The van der Waals surface area contributed by atoms with Gasteiger partial charge in [0.25, 0.3) is 5.91 Å². The number of carboxylic acid groups (broad SMARTS) is 1. The fraction of sp³-hybridized carbons (Fsp3) is 0.571. The van der Waals surface area contributed by atoms with Crippen LogP contribution < -0.4 is 49.5 Å². The minimum Gasteiger partial charge on any atom is -0.548 e. The van der Waals surface area contributed by atoms with Gasteiger partial charge in [0, 0.05) is 4.75 Å². The van der Waals surface area contributed by atoms with Gasteiger partial charge in [-0.1, -0.05) is 26.0 Å². The van der Waals surface area contributed by atoms with Crippen molar-refractivity contribution < 1.29 is 58.5 Å². The van der Waals surface area contributed by atoms with Crippen molar-refractivity contribution in [3.8, 4) is 11.5 Å². The Morgan fingerprint density at radius 2 is 1.81 bits per heavy atom. The molecule has 0 aromatic heterocycles. The molecule has 2 saturated heterocycles. The molecule has 2 fully saturated rings. The number of thioether (sulfide) groups is 1. The molecule has 31 heavy (non-hydrogen) atoms. The van der Waals surface area contributed by atoms with Crippen LogP contribution in [0.25, 0.3) is 0 Å². The van der Waals surface area contributed by atoms with Crippen LogP contribution in [-0.2, 0) is 14.4 Å². The van der Waals surface area contributed by atoms with Gasteiger partial charge >= 0.3 is 29.6 Å². The first-order valence-electron chi connectivity index (χ1n) is 9.95. The molecule has 10 heteroatoms. The number of aliphatic carboxylic acids is 1. The third-order valence-corrected chi connectivity index (χ3v) is 7.45. The van der Waals surface area contributed by atoms with Gasteiger partial charge in [-0.05, 0) is 38.8 Å².